The van der Waals surface area contributed by atoms with Crippen molar-refractivity contribution in [2.75, 3.05) is 17.7 Å². The first kappa shape index (κ1) is 12.2. The van der Waals surface area contributed by atoms with Crippen LogP contribution in [0.3, 0.4) is 0 Å². The highest BCUT2D eigenvalue weighted by atomic mass is 15.1. The summed E-state index contributed by atoms with van der Waals surface area (Å²) in [6.07, 6.45) is 4.01. The first-order valence-corrected chi connectivity index (χ1v) is 5.87. The molecule has 4 heteroatoms. The van der Waals surface area contributed by atoms with E-state index in [1.807, 2.05) is 37.1 Å². The summed E-state index contributed by atoms with van der Waals surface area (Å²) in [5, 5.41) is 10.8. The van der Waals surface area contributed by atoms with Crippen LogP contribution in [0.15, 0.2) is 30.6 Å². The number of nitrogen functional groups attached to an aromatic ring is 1. The van der Waals surface area contributed by atoms with Crippen LogP contribution < -0.4 is 10.6 Å². The first-order valence-electron chi connectivity index (χ1n) is 5.87. The smallest absolute Gasteiger partial charge is 0.0643 e. The van der Waals surface area contributed by atoms with Crippen LogP contribution in [0.25, 0.3) is 10.8 Å². The molecule has 2 rings (SSSR count). The molecule has 0 fully saturated rings. The third kappa shape index (κ3) is 2.07. The van der Waals surface area contributed by atoms with E-state index in [9.17, 15) is 0 Å². The molecule has 1 unspecified atom stereocenters. The van der Waals surface area contributed by atoms with Crippen molar-refractivity contribution in [3.05, 3.63) is 30.6 Å². The Bertz CT molecular complexity index is 600. The number of hydrogen-bond donors (Lipinski definition) is 1. The van der Waals surface area contributed by atoms with Gasteiger partial charge in [-0.3, -0.25) is 4.98 Å². The summed E-state index contributed by atoms with van der Waals surface area (Å²) in [5.41, 5.74) is 7.89. The third-order valence-corrected chi connectivity index (χ3v) is 3.27. The average Bonchev–Trinajstić information content (AvgIpc) is 2.39. The van der Waals surface area contributed by atoms with E-state index in [2.05, 4.69) is 11.1 Å². The largest absolute Gasteiger partial charge is 0.397 e. The molecular formula is C14H16N4. The van der Waals surface area contributed by atoms with Gasteiger partial charge in [-0.1, -0.05) is 6.07 Å². The summed E-state index contributed by atoms with van der Waals surface area (Å²) >= 11 is 0. The molecule has 2 N–H and O–H groups in total. The van der Waals surface area contributed by atoms with E-state index in [1.165, 1.54) is 0 Å². The van der Waals surface area contributed by atoms with Crippen molar-refractivity contribution in [2.24, 2.45) is 0 Å². The summed E-state index contributed by atoms with van der Waals surface area (Å²) in [6, 6.07) is 8.21. The fourth-order valence-electron chi connectivity index (χ4n) is 2.00. The molecule has 0 spiro atoms. The molecule has 1 heterocycles. The number of hydrogen-bond acceptors (Lipinski definition) is 4. The molecule has 1 atom stereocenters. The van der Waals surface area contributed by atoms with Crippen molar-refractivity contribution < 1.29 is 0 Å². The molecular weight excluding hydrogens is 224 g/mol. The van der Waals surface area contributed by atoms with Crippen LogP contribution in [0.2, 0.25) is 0 Å². The van der Waals surface area contributed by atoms with E-state index in [4.69, 9.17) is 11.0 Å². The van der Waals surface area contributed by atoms with E-state index in [0.29, 0.717) is 6.42 Å². The van der Waals surface area contributed by atoms with Gasteiger partial charge in [-0.2, -0.15) is 5.26 Å². The molecule has 0 saturated carbocycles. The molecule has 2 aromatic rings. The molecule has 0 bridgehead atoms. The monoisotopic (exact) mass is 240 g/mol. The number of aromatic nitrogens is 1. The molecule has 18 heavy (non-hydrogen) atoms. The van der Waals surface area contributed by atoms with Crippen molar-refractivity contribution in [1.29, 1.82) is 5.26 Å². The molecule has 0 aliphatic rings. The normalized spacial score (nSPS) is 12.1. The van der Waals surface area contributed by atoms with Gasteiger partial charge in [0.2, 0.25) is 0 Å². The number of anilines is 2. The second kappa shape index (κ2) is 4.92. The molecule has 0 aliphatic carbocycles. The Kier molecular flexibility index (Phi) is 3.33. The topological polar surface area (TPSA) is 65.9 Å². The standard InChI is InChI=1S/C14H16N4/c1-10(5-7-15)18(2)13-4-3-11-9-17-8-6-12(11)14(13)16/h3-4,6,8-10H,5,16H2,1-2H3. The van der Waals surface area contributed by atoms with Crippen LogP contribution in [0.1, 0.15) is 13.3 Å². The van der Waals surface area contributed by atoms with Gasteiger partial charge in [0, 0.05) is 36.3 Å². The van der Waals surface area contributed by atoms with Crippen LogP contribution in [-0.4, -0.2) is 18.1 Å². The molecule has 0 saturated heterocycles. The maximum Gasteiger partial charge on any atom is 0.0643 e. The van der Waals surface area contributed by atoms with Gasteiger partial charge in [0.1, 0.15) is 0 Å². The van der Waals surface area contributed by atoms with Gasteiger partial charge in [-0.05, 0) is 19.1 Å². The molecule has 1 aromatic carbocycles. The lowest BCUT2D eigenvalue weighted by Gasteiger charge is -2.27. The van der Waals surface area contributed by atoms with Gasteiger partial charge < -0.3 is 10.6 Å². The van der Waals surface area contributed by atoms with Gasteiger partial charge in [0.15, 0.2) is 0 Å². The molecule has 0 amide bonds. The number of fused-ring (bicyclic) bond motifs is 1. The van der Waals surface area contributed by atoms with Crippen LogP contribution in [0.5, 0.6) is 0 Å². The lowest BCUT2D eigenvalue weighted by atomic mass is 10.1. The van der Waals surface area contributed by atoms with E-state index in [1.54, 1.807) is 12.4 Å². The zero-order valence-electron chi connectivity index (χ0n) is 10.6. The molecule has 92 valence electrons. The Morgan fingerprint density at radius 3 is 2.94 bits per heavy atom. The minimum atomic E-state index is 0.136. The lowest BCUT2D eigenvalue weighted by molar-refractivity contribution is 0.704. The summed E-state index contributed by atoms with van der Waals surface area (Å²) in [6.45, 7) is 2.01. The number of rotatable bonds is 3. The van der Waals surface area contributed by atoms with E-state index in [-0.39, 0.29) is 6.04 Å². The summed E-state index contributed by atoms with van der Waals surface area (Å²) < 4.78 is 0. The van der Waals surface area contributed by atoms with Gasteiger partial charge in [0.25, 0.3) is 0 Å². The minimum absolute atomic E-state index is 0.136. The van der Waals surface area contributed by atoms with Gasteiger partial charge >= 0.3 is 0 Å². The average molecular weight is 240 g/mol. The highest BCUT2D eigenvalue weighted by molar-refractivity contribution is 5.98. The van der Waals surface area contributed by atoms with Gasteiger partial charge in [0.05, 0.1) is 23.9 Å². The predicted molar refractivity (Wildman–Crippen MR) is 74.3 cm³/mol. The zero-order chi connectivity index (χ0) is 13.1. The molecule has 4 nitrogen and oxygen atoms in total. The summed E-state index contributed by atoms with van der Waals surface area (Å²) in [7, 11) is 1.96. The number of nitriles is 1. The second-order valence-corrected chi connectivity index (χ2v) is 4.42. The SMILES string of the molecule is CC(CC#N)N(C)c1ccc2cnccc2c1N. The molecule has 0 radical (unpaired) electrons. The zero-order valence-corrected chi connectivity index (χ0v) is 10.6. The van der Waals surface area contributed by atoms with Gasteiger partial charge in [-0.25, -0.2) is 0 Å². The highest BCUT2D eigenvalue weighted by Gasteiger charge is 2.13. The Morgan fingerprint density at radius 1 is 1.44 bits per heavy atom. The Morgan fingerprint density at radius 2 is 2.22 bits per heavy atom. The fraction of sp³-hybridized carbons (Fsp3) is 0.286. The Hall–Kier alpha value is -2.28. The van der Waals surface area contributed by atoms with Crippen LogP contribution in [0.4, 0.5) is 11.4 Å². The number of nitrogens with zero attached hydrogens (tertiary/aromatic N) is 3. The van der Waals surface area contributed by atoms with Crippen molar-refractivity contribution in [1.82, 2.24) is 4.98 Å². The van der Waals surface area contributed by atoms with E-state index >= 15 is 0 Å². The van der Waals surface area contributed by atoms with Crippen LogP contribution in [0, 0.1) is 11.3 Å². The second-order valence-electron chi connectivity index (χ2n) is 4.42. The van der Waals surface area contributed by atoms with E-state index in [0.717, 1.165) is 22.1 Å². The molecule has 1 aromatic heterocycles. The number of pyridine rings is 1. The van der Waals surface area contributed by atoms with Crippen molar-refractivity contribution >= 4 is 22.1 Å². The Balaban J connectivity index is 2.46. The maximum atomic E-state index is 8.76. The quantitative estimate of drug-likeness (QED) is 0.837. The first-order chi connectivity index (χ1) is 8.65. The summed E-state index contributed by atoms with van der Waals surface area (Å²) in [5.74, 6) is 0. The highest BCUT2D eigenvalue weighted by Crippen LogP contribution is 2.31. The van der Waals surface area contributed by atoms with Crippen molar-refractivity contribution in [3.63, 3.8) is 0 Å². The number of nitrogens with two attached hydrogens (primary N) is 1. The van der Waals surface area contributed by atoms with Crippen LogP contribution >= 0.6 is 0 Å². The summed E-state index contributed by atoms with van der Waals surface area (Å²) in [4.78, 5) is 6.12. The van der Waals surface area contributed by atoms with Crippen molar-refractivity contribution in [3.8, 4) is 6.07 Å². The fourth-order valence-corrected chi connectivity index (χ4v) is 2.00. The molecule has 0 aliphatic heterocycles. The predicted octanol–water partition coefficient (Wildman–Crippen LogP) is 2.56. The van der Waals surface area contributed by atoms with E-state index < -0.39 is 0 Å². The van der Waals surface area contributed by atoms with Crippen LogP contribution in [-0.2, 0) is 0 Å². The van der Waals surface area contributed by atoms with Crippen molar-refractivity contribution in [2.45, 2.75) is 19.4 Å². The van der Waals surface area contributed by atoms with Gasteiger partial charge in [-0.15, -0.1) is 0 Å². The Labute approximate surface area is 107 Å². The maximum absolute atomic E-state index is 8.76. The number of benzene rings is 1. The third-order valence-electron chi connectivity index (χ3n) is 3.27. The lowest BCUT2D eigenvalue weighted by Crippen LogP contribution is -2.29. The minimum Gasteiger partial charge on any atom is -0.397 e.